The van der Waals surface area contributed by atoms with Crippen molar-refractivity contribution in [3.8, 4) is 5.75 Å². The number of ether oxygens (including phenoxy) is 1. The Kier molecular flexibility index (Phi) is 7.09. The molecule has 8 heteroatoms. The summed E-state index contributed by atoms with van der Waals surface area (Å²) < 4.78 is 5.21. The Morgan fingerprint density at radius 1 is 1.20 bits per heavy atom. The summed E-state index contributed by atoms with van der Waals surface area (Å²) in [5, 5.41) is 5.99. The molecule has 2 N–H and O–H groups in total. The van der Waals surface area contributed by atoms with Gasteiger partial charge in [-0.1, -0.05) is 17.7 Å². The van der Waals surface area contributed by atoms with Gasteiger partial charge in [-0.25, -0.2) is 4.98 Å². The summed E-state index contributed by atoms with van der Waals surface area (Å²) in [6, 6.07) is 8.65. The van der Waals surface area contributed by atoms with Crippen molar-refractivity contribution >= 4 is 46.7 Å². The number of carbonyl (C=O) groups excluding carboxylic acids is 2. The van der Waals surface area contributed by atoms with Gasteiger partial charge in [-0.05, 0) is 30.7 Å². The van der Waals surface area contributed by atoms with Crippen molar-refractivity contribution in [2.24, 2.45) is 0 Å². The molecule has 2 rings (SSSR count). The third kappa shape index (κ3) is 5.95. The largest absolute Gasteiger partial charge is 0.495 e. The molecule has 6 nitrogen and oxygen atoms in total. The van der Waals surface area contributed by atoms with Gasteiger partial charge in [0.25, 0.3) is 0 Å². The molecule has 0 aliphatic carbocycles. The van der Waals surface area contributed by atoms with E-state index in [1.807, 2.05) is 6.92 Å². The van der Waals surface area contributed by atoms with E-state index >= 15 is 0 Å². The van der Waals surface area contributed by atoms with Gasteiger partial charge in [0, 0.05) is 17.3 Å². The van der Waals surface area contributed by atoms with Crippen LogP contribution in [-0.4, -0.2) is 35.4 Å². The van der Waals surface area contributed by atoms with Gasteiger partial charge < -0.3 is 15.4 Å². The lowest BCUT2D eigenvalue weighted by Crippen LogP contribution is -2.19. The average Bonchev–Trinajstić information content (AvgIpc) is 2.58. The van der Waals surface area contributed by atoms with Gasteiger partial charge in [-0.2, -0.15) is 0 Å². The zero-order valence-corrected chi connectivity index (χ0v) is 15.4. The van der Waals surface area contributed by atoms with Crippen molar-refractivity contribution in [2.75, 3.05) is 29.2 Å². The molecule has 25 heavy (non-hydrogen) atoms. The molecule has 0 bridgehead atoms. The molecular weight excluding hydrogens is 362 g/mol. The number of aromatic nitrogens is 1. The molecule has 0 saturated carbocycles. The number of aryl methyl sites for hydroxylation is 1. The predicted octanol–water partition coefficient (Wildman–Crippen LogP) is 3.36. The lowest BCUT2D eigenvalue weighted by atomic mass is 10.2. The average molecular weight is 380 g/mol. The van der Waals surface area contributed by atoms with Gasteiger partial charge in [-0.15, -0.1) is 11.8 Å². The highest BCUT2D eigenvalue weighted by Gasteiger charge is 2.11. The van der Waals surface area contributed by atoms with Crippen LogP contribution >= 0.6 is 23.4 Å². The smallest absolute Gasteiger partial charge is 0.235 e. The van der Waals surface area contributed by atoms with Crippen LogP contribution in [0.1, 0.15) is 5.56 Å². The van der Waals surface area contributed by atoms with Crippen LogP contribution in [0.4, 0.5) is 11.5 Å². The number of hydrogen-bond acceptors (Lipinski definition) is 5. The fraction of sp³-hybridized carbons (Fsp3) is 0.235. The number of nitrogens with zero attached hydrogens (tertiary/aromatic N) is 1. The highest BCUT2D eigenvalue weighted by Crippen LogP contribution is 2.30. The lowest BCUT2D eigenvalue weighted by molar-refractivity contribution is -0.114. The first kappa shape index (κ1) is 19.1. The summed E-state index contributed by atoms with van der Waals surface area (Å²) in [5.74, 6) is 0.828. The van der Waals surface area contributed by atoms with Crippen molar-refractivity contribution < 1.29 is 14.3 Å². The van der Waals surface area contributed by atoms with Crippen molar-refractivity contribution in [3.63, 3.8) is 0 Å². The predicted molar refractivity (Wildman–Crippen MR) is 102 cm³/mol. The van der Waals surface area contributed by atoms with Crippen LogP contribution in [0, 0.1) is 6.92 Å². The van der Waals surface area contributed by atoms with Gasteiger partial charge >= 0.3 is 0 Å². The van der Waals surface area contributed by atoms with Gasteiger partial charge in [-0.3, -0.25) is 9.59 Å². The number of benzene rings is 1. The van der Waals surface area contributed by atoms with E-state index in [4.69, 9.17) is 16.3 Å². The van der Waals surface area contributed by atoms with E-state index in [-0.39, 0.29) is 23.3 Å². The maximum Gasteiger partial charge on any atom is 0.235 e. The minimum atomic E-state index is -0.226. The summed E-state index contributed by atoms with van der Waals surface area (Å²) in [5.41, 5.74) is 1.38. The molecule has 1 aromatic heterocycles. The first-order chi connectivity index (χ1) is 12.0. The van der Waals surface area contributed by atoms with Crippen molar-refractivity contribution in [3.05, 3.63) is 47.1 Å². The molecule has 1 heterocycles. The van der Waals surface area contributed by atoms with Crippen LogP contribution in [0.2, 0.25) is 5.02 Å². The third-order valence-electron chi connectivity index (χ3n) is 3.15. The summed E-state index contributed by atoms with van der Waals surface area (Å²) >= 11 is 7.25. The normalized spacial score (nSPS) is 10.2. The zero-order valence-electron chi connectivity index (χ0n) is 13.8. The van der Waals surface area contributed by atoms with Crippen LogP contribution < -0.4 is 15.4 Å². The van der Waals surface area contributed by atoms with E-state index in [2.05, 4.69) is 15.6 Å². The number of carbonyl (C=O) groups is 2. The number of rotatable bonds is 7. The zero-order chi connectivity index (χ0) is 18.2. The topological polar surface area (TPSA) is 80.3 Å². The molecule has 0 atom stereocenters. The number of anilines is 2. The van der Waals surface area contributed by atoms with Crippen LogP contribution in [-0.2, 0) is 9.59 Å². The molecule has 1 aromatic carbocycles. The van der Waals surface area contributed by atoms with Gasteiger partial charge in [0.05, 0.1) is 24.3 Å². The summed E-state index contributed by atoms with van der Waals surface area (Å²) in [4.78, 5) is 27.9. The minimum absolute atomic E-state index is 0.139. The molecule has 0 spiro atoms. The highest BCUT2D eigenvalue weighted by molar-refractivity contribution is 8.00. The number of methoxy groups -OCH3 is 1. The van der Waals surface area contributed by atoms with E-state index < -0.39 is 0 Å². The number of pyridine rings is 1. The van der Waals surface area contributed by atoms with Gasteiger partial charge in [0.2, 0.25) is 11.8 Å². The summed E-state index contributed by atoms with van der Waals surface area (Å²) in [7, 11) is 1.51. The van der Waals surface area contributed by atoms with E-state index in [0.717, 1.165) is 5.56 Å². The first-order valence-electron chi connectivity index (χ1n) is 7.42. The molecule has 0 aliphatic rings. The monoisotopic (exact) mass is 379 g/mol. The number of amides is 2. The maximum absolute atomic E-state index is 12.1. The number of thioether (sulfide) groups is 1. The Labute approximate surface area is 155 Å². The Balaban J connectivity index is 1.81. The maximum atomic E-state index is 12.1. The number of nitrogens with one attached hydrogen (secondary N) is 2. The van der Waals surface area contributed by atoms with Crippen molar-refractivity contribution in [1.82, 2.24) is 4.98 Å². The van der Waals surface area contributed by atoms with E-state index in [9.17, 15) is 9.59 Å². The molecule has 2 amide bonds. The Bertz CT molecular complexity index is 756. The van der Waals surface area contributed by atoms with Crippen LogP contribution in [0.15, 0.2) is 36.5 Å². The Morgan fingerprint density at radius 2 is 1.92 bits per heavy atom. The van der Waals surface area contributed by atoms with Crippen molar-refractivity contribution in [2.45, 2.75) is 6.92 Å². The molecule has 0 aliphatic heterocycles. The number of hydrogen-bond donors (Lipinski definition) is 2. The molecule has 132 valence electrons. The van der Waals surface area contributed by atoms with E-state index in [1.165, 1.54) is 18.9 Å². The molecule has 0 fully saturated rings. The Morgan fingerprint density at radius 3 is 2.56 bits per heavy atom. The van der Waals surface area contributed by atoms with Crippen LogP contribution in [0.5, 0.6) is 5.75 Å². The fourth-order valence-electron chi connectivity index (χ4n) is 1.97. The first-order valence-corrected chi connectivity index (χ1v) is 8.95. The minimum Gasteiger partial charge on any atom is -0.495 e. The Hall–Kier alpha value is -2.25. The molecule has 0 unspecified atom stereocenters. The second kappa shape index (κ2) is 9.29. The summed E-state index contributed by atoms with van der Waals surface area (Å²) in [6.45, 7) is 1.84. The summed E-state index contributed by atoms with van der Waals surface area (Å²) in [6.07, 6.45) is 1.59. The standard InChI is InChI=1S/C17H18ClN3O3S/c1-11-7-13(14(24-2)8-12(11)18)20-16(22)9-25-10-17(23)21-15-5-3-4-6-19-15/h3-8H,9-10H2,1-2H3,(H,20,22)(H,19,21,23). The van der Waals surface area contributed by atoms with E-state index in [0.29, 0.717) is 22.3 Å². The van der Waals surface area contributed by atoms with Crippen molar-refractivity contribution in [1.29, 1.82) is 0 Å². The highest BCUT2D eigenvalue weighted by atomic mass is 35.5. The SMILES string of the molecule is COc1cc(Cl)c(C)cc1NC(=O)CSCC(=O)Nc1ccccn1. The van der Waals surface area contributed by atoms with Crippen LogP contribution in [0.3, 0.4) is 0 Å². The molecule has 0 saturated heterocycles. The second-order valence-corrected chi connectivity index (χ2v) is 6.50. The molecule has 2 aromatic rings. The van der Waals surface area contributed by atoms with Gasteiger partial charge in [0.1, 0.15) is 11.6 Å². The van der Waals surface area contributed by atoms with E-state index in [1.54, 1.807) is 36.5 Å². The third-order valence-corrected chi connectivity index (χ3v) is 4.49. The number of halogens is 1. The van der Waals surface area contributed by atoms with Crippen LogP contribution in [0.25, 0.3) is 0 Å². The molecular formula is C17H18ClN3O3S. The fourth-order valence-corrected chi connectivity index (χ4v) is 2.74. The van der Waals surface area contributed by atoms with Gasteiger partial charge in [0.15, 0.2) is 0 Å². The second-order valence-electron chi connectivity index (χ2n) is 5.11. The quantitative estimate of drug-likeness (QED) is 0.771. The molecule has 0 radical (unpaired) electrons. The lowest BCUT2D eigenvalue weighted by Gasteiger charge is -2.12.